The molecule has 0 saturated heterocycles. The van der Waals surface area contributed by atoms with Crippen LogP contribution in [0, 0.1) is 0 Å². The first-order chi connectivity index (χ1) is 6.70. The molecule has 1 aromatic rings. The predicted octanol–water partition coefficient (Wildman–Crippen LogP) is 1.52. The van der Waals surface area contributed by atoms with Crippen molar-refractivity contribution in [3.8, 4) is 0 Å². The Morgan fingerprint density at radius 2 is 2.21 bits per heavy atom. The number of aryl methyl sites for hydroxylation is 1. The standard InChI is InChI=1S/C11H13NO2/c1-12-9-5-3-2-4-8(9)6-7-10(12)11(13)14/h2-5,10H,6-7H2,1H3,(H,13,14)/t10-/m0/s1. The summed E-state index contributed by atoms with van der Waals surface area (Å²) < 4.78 is 0. The quantitative estimate of drug-likeness (QED) is 0.731. The number of hydrogen-bond donors (Lipinski definition) is 1. The van der Waals surface area contributed by atoms with Crippen molar-refractivity contribution in [3.63, 3.8) is 0 Å². The van der Waals surface area contributed by atoms with Crippen LogP contribution in [0.25, 0.3) is 0 Å². The van der Waals surface area contributed by atoms with E-state index < -0.39 is 5.97 Å². The summed E-state index contributed by atoms with van der Waals surface area (Å²) in [7, 11) is 1.84. The zero-order valence-electron chi connectivity index (χ0n) is 8.10. The second-order valence-corrected chi connectivity index (χ2v) is 3.63. The molecule has 1 aliphatic heterocycles. The van der Waals surface area contributed by atoms with E-state index in [-0.39, 0.29) is 6.04 Å². The number of hydrogen-bond acceptors (Lipinski definition) is 2. The van der Waals surface area contributed by atoms with E-state index in [1.807, 2.05) is 30.1 Å². The normalized spacial score (nSPS) is 20.4. The minimum Gasteiger partial charge on any atom is -0.480 e. The lowest BCUT2D eigenvalue weighted by Gasteiger charge is -2.33. The second-order valence-electron chi connectivity index (χ2n) is 3.63. The highest BCUT2D eigenvalue weighted by Crippen LogP contribution is 2.28. The van der Waals surface area contributed by atoms with Crippen LogP contribution in [0.15, 0.2) is 24.3 Å². The van der Waals surface area contributed by atoms with Crippen molar-refractivity contribution in [1.82, 2.24) is 0 Å². The summed E-state index contributed by atoms with van der Waals surface area (Å²) in [6.45, 7) is 0. The molecule has 1 aromatic carbocycles. The molecular formula is C11H13NO2. The molecule has 0 radical (unpaired) electrons. The fourth-order valence-corrected chi connectivity index (χ4v) is 2.01. The number of likely N-dealkylation sites (N-methyl/N-ethyl adjacent to an activating group) is 1. The Morgan fingerprint density at radius 3 is 2.93 bits per heavy atom. The molecule has 1 heterocycles. The molecule has 14 heavy (non-hydrogen) atoms. The van der Waals surface area contributed by atoms with E-state index in [4.69, 9.17) is 5.11 Å². The van der Waals surface area contributed by atoms with Crippen molar-refractivity contribution in [2.75, 3.05) is 11.9 Å². The summed E-state index contributed by atoms with van der Waals surface area (Å²) in [5.74, 6) is -0.734. The Morgan fingerprint density at radius 1 is 1.50 bits per heavy atom. The monoisotopic (exact) mass is 191 g/mol. The van der Waals surface area contributed by atoms with Crippen LogP contribution in [-0.2, 0) is 11.2 Å². The molecule has 0 unspecified atom stereocenters. The van der Waals surface area contributed by atoms with Crippen molar-refractivity contribution in [2.45, 2.75) is 18.9 Å². The summed E-state index contributed by atoms with van der Waals surface area (Å²) in [6.07, 6.45) is 1.56. The van der Waals surface area contributed by atoms with Crippen LogP contribution in [0.2, 0.25) is 0 Å². The lowest BCUT2D eigenvalue weighted by molar-refractivity contribution is -0.138. The highest BCUT2D eigenvalue weighted by Gasteiger charge is 2.28. The van der Waals surface area contributed by atoms with E-state index in [0.29, 0.717) is 6.42 Å². The van der Waals surface area contributed by atoms with E-state index in [2.05, 4.69) is 6.07 Å². The Kier molecular flexibility index (Phi) is 2.15. The third kappa shape index (κ3) is 1.35. The van der Waals surface area contributed by atoms with Gasteiger partial charge in [0.15, 0.2) is 0 Å². The molecule has 74 valence electrons. The van der Waals surface area contributed by atoms with Gasteiger partial charge in [-0.1, -0.05) is 18.2 Å². The Balaban J connectivity index is 2.36. The van der Waals surface area contributed by atoms with Crippen LogP contribution < -0.4 is 4.90 Å². The maximum absolute atomic E-state index is 10.9. The highest BCUT2D eigenvalue weighted by molar-refractivity contribution is 5.79. The first-order valence-electron chi connectivity index (χ1n) is 4.73. The van der Waals surface area contributed by atoms with Crippen LogP contribution in [0.3, 0.4) is 0 Å². The van der Waals surface area contributed by atoms with Gasteiger partial charge in [0.1, 0.15) is 6.04 Å². The van der Waals surface area contributed by atoms with E-state index in [0.717, 1.165) is 12.1 Å². The highest BCUT2D eigenvalue weighted by atomic mass is 16.4. The van der Waals surface area contributed by atoms with Crippen LogP contribution in [0.5, 0.6) is 0 Å². The van der Waals surface area contributed by atoms with E-state index in [1.54, 1.807) is 0 Å². The Hall–Kier alpha value is -1.51. The largest absolute Gasteiger partial charge is 0.480 e. The topological polar surface area (TPSA) is 40.5 Å². The average Bonchev–Trinajstić information content (AvgIpc) is 2.18. The Labute approximate surface area is 83.0 Å². The third-order valence-corrected chi connectivity index (χ3v) is 2.81. The molecule has 0 aromatic heterocycles. The van der Waals surface area contributed by atoms with Crippen LogP contribution in [0.1, 0.15) is 12.0 Å². The minimum absolute atomic E-state index is 0.370. The number of aliphatic carboxylic acids is 1. The summed E-state index contributed by atoms with van der Waals surface area (Å²) in [5, 5.41) is 8.99. The molecule has 0 bridgehead atoms. The van der Waals surface area contributed by atoms with Crippen molar-refractivity contribution in [1.29, 1.82) is 0 Å². The summed E-state index contributed by atoms with van der Waals surface area (Å²) in [4.78, 5) is 12.8. The first kappa shape index (κ1) is 9.06. The molecule has 0 amide bonds. The SMILES string of the molecule is CN1c2ccccc2CC[C@H]1C(=O)O. The third-order valence-electron chi connectivity index (χ3n) is 2.81. The number of carbonyl (C=O) groups is 1. The molecule has 3 heteroatoms. The number of carboxylic acid groups (broad SMARTS) is 1. The van der Waals surface area contributed by atoms with Gasteiger partial charge in [-0.05, 0) is 24.5 Å². The van der Waals surface area contributed by atoms with Gasteiger partial charge in [-0.2, -0.15) is 0 Å². The van der Waals surface area contributed by atoms with Gasteiger partial charge in [0.05, 0.1) is 0 Å². The van der Waals surface area contributed by atoms with Gasteiger partial charge in [0.2, 0.25) is 0 Å². The molecule has 0 saturated carbocycles. The maximum Gasteiger partial charge on any atom is 0.326 e. The van der Waals surface area contributed by atoms with Crippen LogP contribution in [0.4, 0.5) is 5.69 Å². The number of para-hydroxylation sites is 1. The lowest BCUT2D eigenvalue weighted by Crippen LogP contribution is -2.41. The van der Waals surface area contributed by atoms with Gasteiger partial charge in [0, 0.05) is 12.7 Å². The number of nitrogens with zero attached hydrogens (tertiary/aromatic N) is 1. The van der Waals surface area contributed by atoms with E-state index >= 15 is 0 Å². The smallest absolute Gasteiger partial charge is 0.326 e. The van der Waals surface area contributed by atoms with Gasteiger partial charge in [-0.25, -0.2) is 4.79 Å². The molecular weight excluding hydrogens is 178 g/mol. The van der Waals surface area contributed by atoms with E-state index in [1.165, 1.54) is 5.56 Å². The molecule has 2 rings (SSSR count). The van der Waals surface area contributed by atoms with Crippen molar-refractivity contribution >= 4 is 11.7 Å². The second kappa shape index (κ2) is 3.33. The number of anilines is 1. The maximum atomic E-state index is 10.9. The van der Waals surface area contributed by atoms with Crippen molar-refractivity contribution in [2.24, 2.45) is 0 Å². The minimum atomic E-state index is -0.734. The molecule has 1 atom stereocenters. The zero-order chi connectivity index (χ0) is 10.1. The van der Waals surface area contributed by atoms with Crippen molar-refractivity contribution in [3.05, 3.63) is 29.8 Å². The fraction of sp³-hybridized carbons (Fsp3) is 0.364. The van der Waals surface area contributed by atoms with E-state index in [9.17, 15) is 4.79 Å². The molecule has 0 fully saturated rings. The Bertz CT molecular complexity index is 362. The van der Waals surface area contributed by atoms with Crippen molar-refractivity contribution < 1.29 is 9.90 Å². The first-order valence-corrected chi connectivity index (χ1v) is 4.73. The molecule has 0 aliphatic carbocycles. The van der Waals surface area contributed by atoms with Crippen LogP contribution in [-0.4, -0.2) is 24.2 Å². The van der Waals surface area contributed by atoms with Crippen LogP contribution >= 0.6 is 0 Å². The molecule has 1 N–H and O–H groups in total. The van der Waals surface area contributed by atoms with Gasteiger partial charge < -0.3 is 10.0 Å². The molecule has 0 spiro atoms. The predicted molar refractivity (Wildman–Crippen MR) is 54.6 cm³/mol. The lowest BCUT2D eigenvalue weighted by atomic mass is 9.96. The zero-order valence-corrected chi connectivity index (χ0v) is 8.10. The molecule has 1 aliphatic rings. The van der Waals surface area contributed by atoms with Gasteiger partial charge in [0.25, 0.3) is 0 Å². The molecule has 3 nitrogen and oxygen atoms in total. The fourth-order valence-electron chi connectivity index (χ4n) is 2.01. The number of fused-ring (bicyclic) bond motifs is 1. The summed E-state index contributed by atoms with van der Waals surface area (Å²) in [5.41, 5.74) is 2.29. The number of rotatable bonds is 1. The summed E-state index contributed by atoms with van der Waals surface area (Å²) >= 11 is 0. The summed E-state index contributed by atoms with van der Waals surface area (Å²) in [6, 6.07) is 7.60. The van der Waals surface area contributed by atoms with Gasteiger partial charge >= 0.3 is 5.97 Å². The number of carboxylic acids is 1. The average molecular weight is 191 g/mol. The van der Waals surface area contributed by atoms with Gasteiger partial charge in [-0.3, -0.25) is 0 Å². The van der Waals surface area contributed by atoms with Gasteiger partial charge in [-0.15, -0.1) is 0 Å². The number of benzene rings is 1.